The van der Waals surface area contributed by atoms with Gasteiger partial charge in [-0.2, -0.15) is 0 Å². The predicted molar refractivity (Wildman–Crippen MR) is 71.7 cm³/mol. The molecule has 0 spiro atoms. The van der Waals surface area contributed by atoms with Crippen LogP contribution in [0.2, 0.25) is 0 Å². The number of rotatable bonds is 4. The first-order valence-corrected chi connectivity index (χ1v) is 7.08. The summed E-state index contributed by atoms with van der Waals surface area (Å²) in [5.74, 6) is -1.76. The third-order valence-electron chi connectivity index (χ3n) is 3.42. The van der Waals surface area contributed by atoms with E-state index in [1.165, 1.54) is 21.0 Å². The van der Waals surface area contributed by atoms with Gasteiger partial charge in [-0.3, -0.25) is 9.59 Å². The molecule has 2 saturated heterocycles. The van der Waals surface area contributed by atoms with Crippen LogP contribution in [0.3, 0.4) is 0 Å². The third kappa shape index (κ3) is 3.75. The van der Waals surface area contributed by atoms with Gasteiger partial charge >= 0.3 is 11.9 Å². The summed E-state index contributed by atoms with van der Waals surface area (Å²) in [6.07, 6.45) is -3.28. The molecule has 0 aromatic rings. The monoisotopic (exact) mass is 318 g/mol. The highest BCUT2D eigenvalue weighted by Crippen LogP contribution is 2.38. The SMILES string of the molecule is CO[C@@H]1O[C@H](COC(C)=O)[C@@H]2OC(C)(C)O[C@@H]2[C@H]1OC(C)=O. The lowest BCUT2D eigenvalue weighted by atomic mass is 9.99. The van der Waals surface area contributed by atoms with Crippen molar-refractivity contribution in [1.29, 1.82) is 0 Å². The molecule has 2 heterocycles. The molecule has 0 amide bonds. The molecule has 0 aromatic carbocycles. The van der Waals surface area contributed by atoms with Crippen molar-refractivity contribution in [1.82, 2.24) is 0 Å². The second kappa shape index (κ2) is 6.49. The minimum Gasteiger partial charge on any atom is -0.463 e. The summed E-state index contributed by atoms with van der Waals surface area (Å²) in [7, 11) is 1.44. The van der Waals surface area contributed by atoms with Gasteiger partial charge in [0.2, 0.25) is 0 Å². The topological polar surface area (TPSA) is 89.5 Å². The van der Waals surface area contributed by atoms with Crippen LogP contribution in [0, 0.1) is 0 Å². The Balaban J connectivity index is 2.20. The molecule has 0 bridgehead atoms. The first-order valence-electron chi connectivity index (χ1n) is 7.08. The molecule has 0 N–H and O–H groups in total. The Morgan fingerprint density at radius 1 is 1.09 bits per heavy atom. The van der Waals surface area contributed by atoms with Crippen molar-refractivity contribution in [3.05, 3.63) is 0 Å². The van der Waals surface area contributed by atoms with Gasteiger partial charge in [0.15, 0.2) is 18.2 Å². The summed E-state index contributed by atoms with van der Waals surface area (Å²) < 4.78 is 32.9. The van der Waals surface area contributed by atoms with E-state index in [1.807, 2.05) is 0 Å². The third-order valence-corrected chi connectivity index (χ3v) is 3.42. The van der Waals surface area contributed by atoms with Gasteiger partial charge in [-0.15, -0.1) is 0 Å². The number of fused-ring (bicyclic) bond motifs is 1. The average Bonchev–Trinajstić information content (AvgIpc) is 2.72. The van der Waals surface area contributed by atoms with Gasteiger partial charge in [-0.1, -0.05) is 0 Å². The van der Waals surface area contributed by atoms with Crippen LogP contribution >= 0.6 is 0 Å². The molecular weight excluding hydrogens is 296 g/mol. The molecule has 0 aliphatic carbocycles. The Hall–Kier alpha value is -1.22. The molecular formula is C14H22O8. The molecule has 0 radical (unpaired) electrons. The maximum absolute atomic E-state index is 11.3. The fourth-order valence-electron chi connectivity index (χ4n) is 2.68. The first-order chi connectivity index (χ1) is 10.2. The van der Waals surface area contributed by atoms with Gasteiger partial charge in [0.05, 0.1) is 0 Å². The van der Waals surface area contributed by atoms with Gasteiger partial charge in [0, 0.05) is 21.0 Å². The van der Waals surface area contributed by atoms with E-state index in [2.05, 4.69) is 0 Å². The van der Waals surface area contributed by atoms with Gasteiger partial charge in [0.25, 0.3) is 0 Å². The van der Waals surface area contributed by atoms with Crippen LogP contribution in [0.25, 0.3) is 0 Å². The van der Waals surface area contributed by atoms with E-state index in [4.69, 9.17) is 28.4 Å². The summed E-state index contributed by atoms with van der Waals surface area (Å²) >= 11 is 0. The van der Waals surface area contributed by atoms with E-state index in [0.717, 1.165) is 0 Å². The van der Waals surface area contributed by atoms with Crippen molar-refractivity contribution in [2.75, 3.05) is 13.7 Å². The highest BCUT2D eigenvalue weighted by atomic mass is 16.8. The molecule has 8 nitrogen and oxygen atoms in total. The molecule has 126 valence electrons. The molecule has 5 atom stereocenters. The lowest BCUT2D eigenvalue weighted by Crippen LogP contribution is -2.59. The van der Waals surface area contributed by atoms with Crippen LogP contribution < -0.4 is 0 Å². The van der Waals surface area contributed by atoms with Crippen LogP contribution in [0.4, 0.5) is 0 Å². The van der Waals surface area contributed by atoms with Crippen LogP contribution in [0.1, 0.15) is 27.7 Å². The molecule has 0 saturated carbocycles. The number of esters is 2. The second-order valence-corrected chi connectivity index (χ2v) is 5.72. The van der Waals surface area contributed by atoms with Crippen molar-refractivity contribution in [3.63, 3.8) is 0 Å². The van der Waals surface area contributed by atoms with Crippen molar-refractivity contribution in [2.45, 2.75) is 64.2 Å². The van der Waals surface area contributed by atoms with E-state index in [-0.39, 0.29) is 6.61 Å². The predicted octanol–water partition coefficient (Wildman–Crippen LogP) is 0.373. The van der Waals surface area contributed by atoms with E-state index >= 15 is 0 Å². The molecule has 22 heavy (non-hydrogen) atoms. The fourth-order valence-corrected chi connectivity index (χ4v) is 2.68. The molecule has 2 aliphatic rings. The standard InChI is InChI=1S/C14H22O8/c1-7(15)18-6-9-10-11(22-14(3,4)21-10)12(19-8(2)16)13(17-5)20-9/h9-13H,6H2,1-5H3/t9-,10+,11+,12-,13-/m1/s1. The zero-order chi connectivity index (χ0) is 16.5. The molecule has 2 rings (SSSR count). The number of hydrogen-bond acceptors (Lipinski definition) is 8. The van der Waals surface area contributed by atoms with Gasteiger partial charge in [-0.25, -0.2) is 0 Å². The molecule has 2 fully saturated rings. The average molecular weight is 318 g/mol. The number of methoxy groups -OCH3 is 1. The van der Waals surface area contributed by atoms with Crippen molar-refractivity contribution < 1.29 is 38.0 Å². The summed E-state index contributed by atoms with van der Waals surface area (Å²) in [6.45, 7) is 6.11. The molecule has 8 heteroatoms. The summed E-state index contributed by atoms with van der Waals surface area (Å²) in [4.78, 5) is 22.3. The maximum atomic E-state index is 11.3. The summed E-state index contributed by atoms with van der Waals surface area (Å²) in [5.41, 5.74) is 0. The Morgan fingerprint density at radius 3 is 2.27 bits per heavy atom. The van der Waals surface area contributed by atoms with Gasteiger partial charge in [-0.05, 0) is 13.8 Å². The summed E-state index contributed by atoms with van der Waals surface area (Å²) in [5, 5.41) is 0. The smallest absolute Gasteiger partial charge is 0.303 e. The van der Waals surface area contributed by atoms with Crippen LogP contribution in [0.15, 0.2) is 0 Å². The van der Waals surface area contributed by atoms with Crippen molar-refractivity contribution >= 4 is 11.9 Å². The zero-order valence-electron chi connectivity index (χ0n) is 13.4. The fraction of sp³-hybridized carbons (Fsp3) is 0.857. The number of carbonyl (C=O) groups excluding carboxylic acids is 2. The zero-order valence-corrected chi connectivity index (χ0v) is 13.4. The maximum Gasteiger partial charge on any atom is 0.303 e. The van der Waals surface area contributed by atoms with E-state index in [0.29, 0.717) is 0 Å². The molecule has 0 unspecified atom stereocenters. The van der Waals surface area contributed by atoms with Crippen LogP contribution in [-0.4, -0.2) is 62.1 Å². The number of hydrogen-bond donors (Lipinski definition) is 0. The quantitative estimate of drug-likeness (QED) is 0.687. The van der Waals surface area contributed by atoms with Crippen molar-refractivity contribution in [2.24, 2.45) is 0 Å². The van der Waals surface area contributed by atoms with E-state index in [9.17, 15) is 9.59 Å². The van der Waals surface area contributed by atoms with Crippen molar-refractivity contribution in [3.8, 4) is 0 Å². The molecule has 2 aliphatic heterocycles. The van der Waals surface area contributed by atoms with Crippen LogP contribution in [-0.2, 0) is 38.0 Å². The normalized spacial score (nSPS) is 36.5. The first kappa shape index (κ1) is 17.1. The highest BCUT2D eigenvalue weighted by Gasteiger charge is 2.57. The van der Waals surface area contributed by atoms with E-state index < -0.39 is 48.4 Å². The molecule has 0 aromatic heterocycles. The van der Waals surface area contributed by atoms with Crippen LogP contribution in [0.5, 0.6) is 0 Å². The second-order valence-electron chi connectivity index (χ2n) is 5.72. The largest absolute Gasteiger partial charge is 0.463 e. The summed E-state index contributed by atoms with van der Waals surface area (Å²) in [6, 6.07) is 0. The van der Waals surface area contributed by atoms with E-state index in [1.54, 1.807) is 13.8 Å². The number of ether oxygens (including phenoxy) is 6. The minimum absolute atomic E-state index is 0.00257. The lowest BCUT2D eigenvalue weighted by Gasteiger charge is -2.40. The Kier molecular flexibility index (Phi) is 5.06. The lowest BCUT2D eigenvalue weighted by molar-refractivity contribution is -0.279. The highest BCUT2D eigenvalue weighted by molar-refractivity contribution is 5.66. The Morgan fingerprint density at radius 2 is 1.73 bits per heavy atom. The number of carbonyl (C=O) groups is 2. The van der Waals surface area contributed by atoms with Gasteiger partial charge < -0.3 is 28.4 Å². The Bertz CT molecular complexity index is 435. The Labute approximate surface area is 128 Å². The minimum atomic E-state index is -0.867. The van der Waals surface area contributed by atoms with Gasteiger partial charge in [0.1, 0.15) is 24.9 Å².